The Labute approximate surface area is 161 Å². The number of amides is 1. The first kappa shape index (κ1) is 18.2. The highest BCUT2D eigenvalue weighted by Gasteiger charge is 2.53. The Hall–Kier alpha value is -2.17. The van der Waals surface area contributed by atoms with Gasteiger partial charge in [-0.15, -0.1) is 0 Å². The number of aliphatic hydroxyl groups is 1. The van der Waals surface area contributed by atoms with Crippen molar-refractivity contribution >= 4 is 11.6 Å². The van der Waals surface area contributed by atoms with Crippen LogP contribution in [0.1, 0.15) is 49.3 Å². The summed E-state index contributed by atoms with van der Waals surface area (Å²) in [5, 5.41) is 14.1. The maximum absolute atomic E-state index is 13.9. The van der Waals surface area contributed by atoms with Crippen molar-refractivity contribution in [3.8, 4) is 0 Å². The second kappa shape index (κ2) is 7.45. The number of anilines is 1. The molecule has 4 heteroatoms. The third-order valence-corrected chi connectivity index (χ3v) is 6.21. The van der Waals surface area contributed by atoms with Crippen molar-refractivity contribution < 1.29 is 9.90 Å². The van der Waals surface area contributed by atoms with E-state index in [9.17, 15) is 9.90 Å². The van der Waals surface area contributed by atoms with Crippen LogP contribution < -0.4 is 10.2 Å². The van der Waals surface area contributed by atoms with Gasteiger partial charge in [0.2, 0.25) is 5.91 Å². The summed E-state index contributed by atoms with van der Waals surface area (Å²) in [6, 6.07) is 17.7. The van der Waals surface area contributed by atoms with Gasteiger partial charge in [-0.3, -0.25) is 4.79 Å². The topological polar surface area (TPSA) is 52.6 Å². The van der Waals surface area contributed by atoms with E-state index in [2.05, 4.69) is 11.4 Å². The van der Waals surface area contributed by atoms with Gasteiger partial charge in [0.1, 0.15) is 0 Å². The Bertz CT molecular complexity index is 799. The summed E-state index contributed by atoms with van der Waals surface area (Å²) in [5.74, 6) is 0.160. The highest BCUT2D eigenvalue weighted by atomic mass is 16.3. The molecule has 2 aromatic carbocycles. The van der Waals surface area contributed by atoms with E-state index in [1.807, 2.05) is 60.5 Å². The molecule has 2 aliphatic rings. The molecule has 4 nitrogen and oxygen atoms in total. The van der Waals surface area contributed by atoms with Gasteiger partial charge in [0.25, 0.3) is 0 Å². The van der Waals surface area contributed by atoms with E-state index >= 15 is 0 Å². The predicted octanol–water partition coefficient (Wildman–Crippen LogP) is 3.56. The SMILES string of the molecule is CNCC(O)C(c1ccccc1)N1C(=O)C2(CCCCC2)c2ccccc21. The quantitative estimate of drug-likeness (QED) is 0.853. The smallest absolute Gasteiger partial charge is 0.238 e. The lowest BCUT2D eigenvalue weighted by Gasteiger charge is -2.36. The molecule has 1 fully saturated rings. The molecule has 142 valence electrons. The number of carbonyl (C=O) groups is 1. The summed E-state index contributed by atoms with van der Waals surface area (Å²) in [6.07, 6.45) is 4.49. The van der Waals surface area contributed by atoms with E-state index in [1.54, 1.807) is 0 Å². The molecule has 0 bridgehead atoms. The molecular weight excluding hydrogens is 336 g/mol. The van der Waals surface area contributed by atoms with Crippen molar-refractivity contribution in [3.05, 3.63) is 65.7 Å². The largest absolute Gasteiger partial charge is 0.389 e. The number of likely N-dealkylation sites (N-methyl/N-ethyl adjacent to an activating group) is 1. The fourth-order valence-electron chi connectivity index (χ4n) is 4.97. The molecule has 2 N–H and O–H groups in total. The van der Waals surface area contributed by atoms with Crippen molar-refractivity contribution in [2.75, 3.05) is 18.5 Å². The molecule has 1 aliphatic carbocycles. The first-order chi connectivity index (χ1) is 13.2. The summed E-state index contributed by atoms with van der Waals surface area (Å²) in [5.41, 5.74) is 2.67. The van der Waals surface area contributed by atoms with Gasteiger partial charge in [0, 0.05) is 12.2 Å². The van der Waals surface area contributed by atoms with E-state index < -0.39 is 17.6 Å². The van der Waals surface area contributed by atoms with Crippen LogP contribution in [0.2, 0.25) is 0 Å². The molecule has 0 radical (unpaired) electrons. The summed E-state index contributed by atoms with van der Waals surface area (Å²) in [4.78, 5) is 15.7. The first-order valence-corrected chi connectivity index (χ1v) is 10.00. The maximum Gasteiger partial charge on any atom is 0.238 e. The molecule has 1 amide bonds. The number of carbonyl (C=O) groups excluding carboxylic acids is 1. The van der Waals surface area contributed by atoms with Crippen LogP contribution in [0.25, 0.3) is 0 Å². The van der Waals surface area contributed by atoms with E-state index in [0.717, 1.165) is 42.5 Å². The third kappa shape index (κ3) is 2.97. The molecule has 1 saturated carbocycles. The molecule has 0 aromatic heterocycles. The van der Waals surface area contributed by atoms with Crippen LogP contribution in [-0.2, 0) is 10.2 Å². The Morgan fingerprint density at radius 3 is 2.41 bits per heavy atom. The zero-order valence-electron chi connectivity index (χ0n) is 15.9. The third-order valence-electron chi connectivity index (χ3n) is 6.21. The molecule has 1 aliphatic heterocycles. The van der Waals surface area contributed by atoms with Crippen LogP contribution >= 0.6 is 0 Å². The van der Waals surface area contributed by atoms with Crippen LogP contribution in [0.3, 0.4) is 0 Å². The lowest BCUT2D eigenvalue weighted by Crippen LogP contribution is -2.47. The fourth-order valence-corrected chi connectivity index (χ4v) is 4.97. The minimum absolute atomic E-state index is 0.160. The molecular formula is C23H28N2O2. The second-order valence-electron chi connectivity index (χ2n) is 7.82. The molecule has 27 heavy (non-hydrogen) atoms. The van der Waals surface area contributed by atoms with Crippen molar-refractivity contribution in [1.29, 1.82) is 0 Å². The molecule has 2 atom stereocenters. The Morgan fingerprint density at radius 2 is 1.70 bits per heavy atom. The number of hydrogen-bond acceptors (Lipinski definition) is 3. The Balaban J connectivity index is 1.84. The van der Waals surface area contributed by atoms with E-state index in [-0.39, 0.29) is 5.91 Å². The number of aliphatic hydroxyl groups excluding tert-OH is 1. The zero-order valence-corrected chi connectivity index (χ0v) is 15.9. The number of rotatable bonds is 5. The van der Waals surface area contributed by atoms with E-state index in [0.29, 0.717) is 6.54 Å². The maximum atomic E-state index is 13.9. The molecule has 2 unspecified atom stereocenters. The van der Waals surface area contributed by atoms with Gasteiger partial charge < -0.3 is 15.3 Å². The summed E-state index contributed by atoms with van der Waals surface area (Å²) < 4.78 is 0. The number of nitrogens with zero attached hydrogens (tertiary/aromatic N) is 1. The highest BCUT2D eigenvalue weighted by molar-refractivity contribution is 6.08. The fraction of sp³-hybridized carbons (Fsp3) is 0.435. The van der Waals surface area contributed by atoms with Gasteiger partial charge in [0.15, 0.2) is 0 Å². The number of benzene rings is 2. The number of fused-ring (bicyclic) bond motifs is 2. The van der Waals surface area contributed by atoms with Crippen molar-refractivity contribution in [1.82, 2.24) is 5.32 Å². The van der Waals surface area contributed by atoms with Crippen molar-refractivity contribution in [2.24, 2.45) is 0 Å². The van der Waals surface area contributed by atoms with Crippen molar-refractivity contribution in [2.45, 2.75) is 49.7 Å². The zero-order chi connectivity index (χ0) is 18.9. The van der Waals surface area contributed by atoms with Gasteiger partial charge >= 0.3 is 0 Å². The predicted molar refractivity (Wildman–Crippen MR) is 108 cm³/mol. The van der Waals surface area contributed by atoms with Crippen LogP contribution in [0, 0.1) is 0 Å². The van der Waals surface area contributed by atoms with Crippen molar-refractivity contribution in [3.63, 3.8) is 0 Å². The average molecular weight is 364 g/mol. The van der Waals surface area contributed by atoms with E-state index in [4.69, 9.17) is 0 Å². The van der Waals surface area contributed by atoms with Crippen LogP contribution in [-0.4, -0.2) is 30.7 Å². The molecule has 4 rings (SSSR count). The number of para-hydroxylation sites is 1. The number of hydrogen-bond donors (Lipinski definition) is 2. The lowest BCUT2D eigenvalue weighted by atomic mass is 9.70. The standard InChI is InChI=1S/C23H28N2O2/c1-24-16-20(26)21(17-10-4-2-5-11-17)25-19-13-7-6-12-18(19)23(22(25)27)14-8-3-9-15-23/h2,4-7,10-13,20-21,24,26H,3,8-9,14-16H2,1H3. The first-order valence-electron chi connectivity index (χ1n) is 10.00. The molecule has 1 spiro atoms. The van der Waals surface area contributed by atoms with Gasteiger partial charge in [-0.25, -0.2) is 0 Å². The Kier molecular flexibility index (Phi) is 5.02. The van der Waals surface area contributed by atoms with Crippen LogP contribution in [0.4, 0.5) is 5.69 Å². The summed E-state index contributed by atoms with van der Waals surface area (Å²) in [6.45, 7) is 0.429. The highest BCUT2D eigenvalue weighted by Crippen LogP contribution is 2.52. The van der Waals surface area contributed by atoms with Gasteiger partial charge in [0.05, 0.1) is 17.6 Å². The van der Waals surface area contributed by atoms with E-state index in [1.165, 1.54) is 6.42 Å². The van der Waals surface area contributed by atoms with Crippen LogP contribution in [0.15, 0.2) is 54.6 Å². The lowest BCUT2D eigenvalue weighted by molar-refractivity contribution is -0.125. The molecule has 2 aromatic rings. The van der Waals surface area contributed by atoms with Crippen LogP contribution in [0.5, 0.6) is 0 Å². The number of nitrogens with one attached hydrogen (secondary N) is 1. The van der Waals surface area contributed by atoms with Gasteiger partial charge in [-0.1, -0.05) is 67.8 Å². The summed E-state index contributed by atoms with van der Waals surface area (Å²) in [7, 11) is 1.83. The van der Waals surface area contributed by atoms with Gasteiger partial charge in [-0.2, -0.15) is 0 Å². The molecule has 0 saturated heterocycles. The molecule has 1 heterocycles. The normalized spacial score (nSPS) is 20.5. The average Bonchev–Trinajstić information content (AvgIpc) is 2.93. The minimum Gasteiger partial charge on any atom is -0.389 e. The second-order valence-corrected chi connectivity index (χ2v) is 7.82. The summed E-state index contributed by atoms with van der Waals surface area (Å²) >= 11 is 0. The van der Waals surface area contributed by atoms with Gasteiger partial charge in [-0.05, 0) is 37.1 Å². The minimum atomic E-state index is -0.687. The monoisotopic (exact) mass is 364 g/mol. The Morgan fingerprint density at radius 1 is 1.04 bits per heavy atom.